The SMILES string of the molecule is CCCCCC/C=C/C=C\CCCCCCCC(=O)O[C@H]1CC[C@@]2(C)C(=CCC3[C@@H]2CC[C@]2(C)C(C(C)/C=C/CC(C)C)CC[C@@H]32)C1. The Hall–Kier alpha value is -1.57. The van der Waals surface area contributed by atoms with Crippen LogP contribution in [0.25, 0.3) is 0 Å². The second-order valence-electron chi connectivity index (χ2n) is 17.3. The van der Waals surface area contributed by atoms with E-state index >= 15 is 0 Å². The number of esters is 1. The van der Waals surface area contributed by atoms with Crippen molar-refractivity contribution in [2.45, 2.75) is 182 Å². The van der Waals surface area contributed by atoms with E-state index in [1.54, 1.807) is 5.57 Å². The third kappa shape index (κ3) is 10.5. The van der Waals surface area contributed by atoms with Gasteiger partial charge in [-0.1, -0.05) is 128 Å². The van der Waals surface area contributed by atoms with Gasteiger partial charge in [0.25, 0.3) is 0 Å². The molecule has 3 fully saturated rings. The van der Waals surface area contributed by atoms with Crippen LogP contribution in [0.15, 0.2) is 48.1 Å². The molecule has 0 heterocycles. The molecule has 0 bridgehead atoms. The topological polar surface area (TPSA) is 26.3 Å². The molecule has 3 saturated carbocycles. The van der Waals surface area contributed by atoms with Crippen molar-refractivity contribution >= 4 is 5.97 Å². The summed E-state index contributed by atoms with van der Waals surface area (Å²) < 4.78 is 6.11. The van der Waals surface area contributed by atoms with E-state index in [-0.39, 0.29) is 12.1 Å². The van der Waals surface area contributed by atoms with Crippen LogP contribution in [0.2, 0.25) is 0 Å². The number of rotatable bonds is 19. The van der Waals surface area contributed by atoms with E-state index in [0.717, 1.165) is 61.7 Å². The van der Waals surface area contributed by atoms with Crippen molar-refractivity contribution in [1.82, 2.24) is 0 Å². The highest BCUT2D eigenvalue weighted by atomic mass is 16.5. The first-order valence-corrected chi connectivity index (χ1v) is 20.6. The van der Waals surface area contributed by atoms with Crippen LogP contribution in [0.4, 0.5) is 0 Å². The monoisotopic (exact) mass is 647 g/mol. The zero-order valence-electron chi connectivity index (χ0n) is 31.7. The standard InChI is InChI=1S/C45H74O2/c1-7-8-9-10-11-12-13-14-15-16-17-18-19-20-21-25-43(46)47-38-30-32-44(5)37(34-38)26-27-39-41-29-28-40(36(4)24-22-23-35(2)3)45(41,6)33-31-42(39)44/h12-15,22,24,26,35-36,38-42H,7-11,16-21,23,25,27-34H2,1-6H3/b13-12+,15-14-,24-22+/t36?,38-,39?,40?,41-,42-,44-,45+/m0/s1. The molecule has 8 atom stereocenters. The summed E-state index contributed by atoms with van der Waals surface area (Å²) in [7, 11) is 0. The summed E-state index contributed by atoms with van der Waals surface area (Å²) in [5.74, 6) is 4.86. The highest BCUT2D eigenvalue weighted by Crippen LogP contribution is 2.67. The molecule has 0 radical (unpaired) electrons. The lowest BCUT2D eigenvalue weighted by Gasteiger charge is -2.58. The van der Waals surface area contributed by atoms with Gasteiger partial charge in [-0.15, -0.1) is 0 Å². The Labute approximate surface area is 291 Å². The maximum absolute atomic E-state index is 12.8. The molecule has 4 aliphatic rings. The molecule has 0 spiro atoms. The second kappa shape index (κ2) is 19.0. The number of fused-ring (bicyclic) bond motifs is 5. The van der Waals surface area contributed by atoms with Crippen molar-refractivity contribution in [3.63, 3.8) is 0 Å². The van der Waals surface area contributed by atoms with Crippen LogP contribution >= 0.6 is 0 Å². The average molecular weight is 647 g/mol. The molecular weight excluding hydrogens is 572 g/mol. The first kappa shape index (κ1) is 38.2. The number of carbonyl (C=O) groups is 1. The molecule has 266 valence electrons. The Morgan fingerprint density at radius 1 is 0.851 bits per heavy atom. The minimum atomic E-state index is 0.0410. The number of carbonyl (C=O) groups excluding carboxylic acids is 1. The molecule has 47 heavy (non-hydrogen) atoms. The smallest absolute Gasteiger partial charge is 0.306 e. The lowest BCUT2D eigenvalue weighted by molar-refractivity contribution is -0.151. The van der Waals surface area contributed by atoms with Crippen molar-refractivity contribution in [2.24, 2.45) is 46.3 Å². The van der Waals surface area contributed by atoms with Gasteiger partial charge in [-0.3, -0.25) is 4.79 Å². The van der Waals surface area contributed by atoms with Gasteiger partial charge in [0.15, 0.2) is 0 Å². The molecule has 4 aliphatic carbocycles. The Kier molecular flexibility index (Phi) is 15.4. The van der Waals surface area contributed by atoms with Crippen LogP contribution in [0, 0.1) is 46.3 Å². The van der Waals surface area contributed by atoms with Crippen molar-refractivity contribution in [2.75, 3.05) is 0 Å². The van der Waals surface area contributed by atoms with E-state index in [4.69, 9.17) is 4.74 Å². The summed E-state index contributed by atoms with van der Waals surface area (Å²) >= 11 is 0. The molecule has 3 unspecified atom stereocenters. The van der Waals surface area contributed by atoms with Crippen molar-refractivity contribution in [3.05, 3.63) is 48.1 Å². The lowest BCUT2D eigenvalue weighted by atomic mass is 9.47. The van der Waals surface area contributed by atoms with E-state index in [1.807, 2.05) is 0 Å². The maximum Gasteiger partial charge on any atom is 0.306 e. The molecule has 0 N–H and O–H groups in total. The van der Waals surface area contributed by atoms with Crippen molar-refractivity contribution in [1.29, 1.82) is 0 Å². The first-order valence-electron chi connectivity index (χ1n) is 20.6. The lowest BCUT2D eigenvalue weighted by Crippen LogP contribution is -2.51. The number of ether oxygens (including phenoxy) is 1. The van der Waals surface area contributed by atoms with Gasteiger partial charge >= 0.3 is 5.97 Å². The van der Waals surface area contributed by atoms with Crippen molar-refractivity contribution in [3.8, 4) is 0 Å². The number of hydrogen-bond donors (Lipinski definition) is 0. The zero-order valence-corrected chi connectivity index (χ0v) is 31.7. The fourth-order valence-corrected chi connectivity index (χ4v) is 10.7. The van der Waals surface area contributed by atoms with Crippen LogP contribution in [0.1, 0.15) is 176 Å². The third-order valence-electron chi connectivity index (χ3n) is 13.5. The van der Waals surface area contributed by atoms with Gasteiger partial charge < -0.3 is 4.74 Å². The largest absolute Gasteiger partial charge is 0.462 e. The predicted molar refractivity (Wildman–Crippen MR) is 202 cm³/mol. The molecule has 0 aromatic carbocycles. The van der Waals surface area contributed by atoms with Gasteiger partial charge in [0, 0.05) is 12.8 Å². The summed E-state index contributed by atoms with van der Waals surface area (Å²) in [5, 5.41) is 0. The van der Waals surface area contributed by atoms with Crippen LogP contribution in [0.3, 0.4) is 0 Å². The Morgan fingerprint density at radius 3 is 2.28 bits per heavy atom. The van der Waals surface area contributed by atoms with Crippen LogP contribution in [0.5, 0.6) is 0 Å². The summed E-state index contributed by atoms with van der Waals surface area (Å²) in [4.78, 5) is 12.8. The van der Waals surface area contributed by atoms with E-state index in [0.29, 0.717) is 23.2 Å². The molecule has 0 aliphatic heterocycles. The normalized spacial score (nSPS) is 32.9. The molecule has 0 aromatic heterocycles. The van der Waals surface area contributed by atoms with E-state index in [9.17, 15) is 4.79 Å². The van der Waals surface area contributed by atoms with Gasteiger partial charge in [0.2, 0.25) is 0 Å². The van der Waals surface area contributed by atoms with Gasteiger partial charge in [0.05, 0.1) is 0 Å². The molecule has 0 saturated heterocycles. The van der Waals surface area contributed by atoms with E-state index in [2.05, 4.69) is 84.1 Å². The van der Waals surface area contributed by atoms with Crippen LogP contribution < -0.4 is 0 Å². The fraction of sp³-hybridized carbons (Fsp3) is 0.800. The average Bonchev–Trinajstić information content (AvgIpc) is 3.40. The van der Waals surface area contributed by atoms with Gasteiger partial charge in [-0.25, -0.2) is 0 Å². The van der Waals surface area contributed by atoms with Crippen LogP contribution in [-0.4, -0.2) is 12.1 Å². The predicted octanol–water partition coefficient (Wildman–Crippen LogP) is 13.5. The molecule has 2 heteroatoms. The fourth-order valence-electron chi connectivity index (χ4n) is 10.7. The summed E-state index contributed by atoms with van der Waals surface area (Å²) in [5.41, 5.74) is 2.44. The molecule has 4 rings (SSSR count). The summed E-state index contributed by atoms with van der Waals surface area (Å²) in [6.45, 7) is 14.7. The zero-order chi connectivity index (χ0) is 33.7. The number of allylic oxidation sites excluding steroid dienone is 7. The third-order valence-corrected chi connectivity index (χ3v) is 13.5. The van der Waals surface area contributed by atoms with Gasteiger partial charge in [-0.2, -0.15) is 0 Å². The quantitative estimate of drug-likeness (QED) is 0.0604. The highest BCUT2D eigenvalue weighted by Gasteiger charge is 2.59. The van der Waals surface area contributed by atoms with Crippen LogP contribution in [-0.2, 0) is 9.53 Å². The Morgan fingerprint density at radius 2 is 1.55 bits per heavy atom. The Bertz CT molecular complexity index is 1060. The summed E-state index contributed by atoms with van der Waals surface area (Å²) in [6.07, 6.45) is 42.3. The molecular formula is C45H74O2. The highest BCUT2D eigenvalue weighted by molar-refractivity contribution is 5.69. The molecule has 0 amide bonds. The Balaban J connectivity index is 1.14. The molecule has 0 aromatic rings. The van der Waals surface area contributed by atoms with Crippen molar-refractivity contribution < 1.29 is 9.53 Å². The number of unbranched alkanes of at least 4 members (excludes halogenated alkanes) is 9. The second-order valence-corrected chi connectivity index (χ2v) is 17.3. The first-order chi connectivity index (χ1) is 22.7. The van der Waals surface area contributed by atoms with Gasteiger partial charge in [-0.05, 0) is 130 Å². The van der Waals surface area contributed by atoms with Gasteiger partial charge in [0.1, 0.15) is 6.10 Å². The maximum atomic E-state index is 12.8. The summed E-state index contributed by atoms with van der Waals surface area (Å²) in [6, 6.07) is 0. The number of hydrogen-bond acceptors (Lipinski definition) is 2. The molecule has 2 nitrogen and oxygen atoms in total. The minimum absolute atomic E-state index is 0.0410. The minimum Gasteiger partial charge on any atom is -0.462 e. The van der Waals surface area contributed by atoms with E-state index in [1.165, 1.54) is 96.3 Å². The van der Waals surface area contributed by atoms with E-state index < -0.39 is 0 Å².